The molecule has 0 saturated heterocycles. The topological polar surface area (TPSA) is 46.9 Å². The molecule has 1 aliphatic carbocycles. The van der Waals surface area contributed by atoms with E-state index in [1.165, 1.54) is 11.1 Å². The Hall–Kier alpha value is -2.10. The Morgan fingerprint density at radius 1 is 1.40 bits per heavy atom. The van der Waals surface area contributed by atoms with Crippen LogP contribution in [0.5, 0.6) is 0 Å². The van der Waals surface area contributed by atoms with Gasteiger partial charge in [-0.2, -0.15) is 5.10 Å². The Kier molecular flexibility index (Phi) is 3.30. The number of benzene rings is 1. The Morgan fingerprint density at radius 3 is 3.05 bits per heavy atom. The number of aryl methyl sites for hydroxylation is 3. The van der Waals surface area contributed by atoms with E-state index < -0.39 is 0 Å². The first-order valence-corrected chi connectivity index (χ1v) is 7.03. The van der Waals surface area contributed by atoms with E-state index >= 15 is 0 Å². The predicted molar refractivity (Wildman–Crippen MR) is 78.7 cm³/mol. The summed E-state index contributed by atoms with van der Waals surface area (Å²) in [7, 11) is 1.89. The number of hydrogen-bond donors (Lipinski definition) is 1. The van der Waals surface area contributed by atoms with Crippen molar-refractivity contribution < 1.29 is 4.79 Å². The second-order valence-electron chi connectivity index (χ2n) is 5.47. The molecule has 0 spiro atoms. The molecule has 4 nitrogen and oxygen atoms in total. The molecule has 0 radical (unpaired) electrons. The lowest BCUT2D eigenvalue weighted by atomic mass is 10.1. The van der Waals surface area contributed by atoms with Gasteiger partial charge in [0.15, 0.2) is 0 Å². The molecule has 0 aliphatic heterocycles. The molecule has 20 heavy (non-hydrogen) atoms. The highest BCUT2D eigenvalue weighted by atomic mass is 16.1. The maximum atomic E-state index is 12.2. The molecule has 0 fully saturated rings. The second-order valence-corrected chi connectivity index (χ2v) is 5.47. The fourth-order valence-electron chi connectivity index (χ4n) is 2.86. The highest BCUT2D eigenvalue weighted by Crippen LogP contribution is 2.28. The van der Waals surface area contributed by atoms with Crippen LogP contribution in [-0.2, 0) is 31.1 Å². The summed E-state index contributed by atoms with van der Waals surface area (Å²) in [6.07, 6.45) is 3.58. The molecule has 0 unspecified atom stereocenters. The number of rotatable bonds is 3. The van der Waals surface area contributed by atoms with E-state index in [0.717, 1.165) is 36.3 Å². The number of anilines is 1. The van der Waals surface area contributed by atoms with Crippen LogP contribution >= 0.6 is 0 Å². The van der Waals surface area contributed by atoms with Gasteiger partial charge in [0.05, 0.1) is 12.1 Å². The summed E-state index contributed by atoms with van der Waals surface area (Å²) in [4.78, 5) is 12.2. The second kappa shape index (κ2) is 5.12. The van der Waals surface area contributed by atoms with Gasteiger partial charge in [0.2, 0.25) is 5.91 Å². The Balaban J connectivity index is 1.74. The zero-order valence-electron chi connectivity index (χ0n) is 11.9. The van der Waals surface area contributed by atoms with E-state index in [-0.39, 0.29) is 5.91 Å². The van der Waals surface area contributed by atoms with E-state index in [1.807, 2.05) is 38.2 Å². The van der Waals surface area contributed by atoms with Gasteiger partial charge in [-0.1, -0.05) is 29.8 Å². The van der Waals surface area contributed by atoms with Crippen molar-refractivity contribution in [3.8, 4) is 0 Å². The minimum Gasteiger partial charge on any atom is -0.310 e. The summed E-state index contributed by atoms with van der Waals surface area (Å²) in [5, 5.41) is 7.49. The van der Waals surface area contributed by atoms with Gasteiger partial charge in [-0.05, 0) is 31.7 Å². The fourth-order valence-corrected chi connectivity index (χ4v) is 2.86. The van der Waals surface area contributed by atoms with Gasteiger partial charge in [-0.3, -0.25) is 9.48 Å². The van der Waals surface area contributed by atoms with Crippen LogP contribution in [0.2, 0.25) is 0 Å². The molecular weight excluding hydrogens is 250 g/mol. The number of amides is 1. The fraction of sp³-hybridized carbons (Fsp3) is 0.375. The number of carbonyl (C=O) groups excluding carboxylic acids is 1. The molecule has 0 saturated carbocycles. The Bertz CT molecular complexity index is 658. The predicted octanol–water partition coefficient (Wildman–Crippen LogP) is 2.40. The normalized spacial score (nSPS) is 13.3. The smallest absolute Gasteiger partial charge is 0.229 e. The lowest BCUT2D eigenvalue weighted by Crippen LogP contribution is -2.17. The largest absolute Gasteiger partial charge is 0.310 e. The van der Waals surface area contributed by atoms with Crippen molar-refractivity contribution in [2.75, 3.05) is 5.32 Å². The van der Waals surface area contributed by atoms with Crippen LogP contribution in [0.15, 0.2) is 24.3 Å². The molecule has 4 heteroatoms. The van der Waals surface area contributed by atoms with Crippen LogP contribution in [0, 0.1) is 6.92 Å². The van der Waals surface area contributed by atoms with Crippen molar-refractivity contribution in [2.45, 2.75) is 32.6 Å². The molecule has 1 heterocycles. The van der Waals surface area contributed by atoms with Crippen LogP contribution in [0.3, 0.4) is 0 Å². The minimum atomic E-state index is 0.0216. The lowest BCUT2D eigenvalue weighted by molar-refractivity contribution is -0.115. The third-order valence-corrected chi connectivity index (χ3v) is 3.77. The monoisotopic (exact) mass is 269 g/mol. The van der Waals surface area contributed by atoms with Crippen molar-refractivity contribution in [1.29, 1.82) is 0 Å². The molecular formula is C16H19N3O. The quantitative estimate of drug-likeness (QED) is 0.930. The first-order valence-electron chi connectivity index (χ1n) is 7.03. The van der Waals surface area contributed by atoms with Gasteiger partial charge in [-0.25, -0.2) is 0 Å². The SMILES string of the molecule is Cc1cccc(CC(=O)Nc2c3c(nn2C)CCC3)c1. The molecule has 104 valence electrons. The van der Waals surface area contributed by atoms with Crippen LogP contribution < -0.4 is 5.32 Å². The molecule has 0 atom stereocenters. The average Bonchev–Trinajstić information content (AvgIpc) is 2.93. The van der Waals surface area contributed by atoms with Crippen LogP contribution in [0.1, 0.15) is 28.8 Å². The minimum absolute atomic E-state index is 0.0216. The molecule has 1 amide bonds. The van der Waals surface area contributed by atoms with Gasteiger partial charge in [0, 0.05) is 12.6 Å². The summed E-state index contributed by atoms with van der Waals surface area (Å²) in [5.41, 5.74) is 4.57. The number of fused-ring (bicyclic) bond motifs is 1. The number of nitrogens with zero attached hydrogens (tertiary/aromatic N) is 2. The average molecular weight is 269 g/mol. The summed E-state index contributed by atoms with van der Waals surface area (Å²) in [6.45, 7) is 2.04. The van der Waals surface area contributed by atoms with Gasteiger partial charge in [0.25, 0.3) is 0 Å². The highest BCUT2D eigenvalue weighted by molar-refractivity contribution is 5.92. The molecule has 0 bridgehead atoms. The Morgan fingerprint density at radius 2 is 2.25 bits per heavy atom. The maximum absolute atomic E-state index is 12.2. The molecule has 1 aromatic carbocycles. The van der Waals surface area contributed by atoms with Gasteiger partial charge >= 0.3 is 0 Å². The van der Waals surface area contributed by atoms with Crippen LogP contribution in [0.4, 0.5) is 5.82 Å². The molecule has 3 rings (SSSR count). The molecule has 1 N–H and O–H groups in total. The lowest BCUT2D eigenvalue weighted by Gasteiger charge is -2.08. The van der Waals surface area contributed by atoms with E-state index in [0.29, 0.717) is 6.42 Å². The third kappa shape index (κ3) is 2.46. The zero-order valence-corrected chi connectivity index (χ0v) is 11.9. The van der Waals surface area contributed by atoms with Gasteiger partial charge < -0.3 is 5.32 Å². The standard InChI is InChI=1S/C16H19N3O/c1-11-5-3-6-12(9-11)10-15(20)17-16-13-7-4-8-14(13)18-19(16)2/h3,5-6,9H,4,7-8,10H2,1-2H3,(H,17,20). The maximum Gasteiger partial charge on any atom is 0.229 e. The summed E-state index contributed by atoms with van der Waals surface area (Å²) < 4.78 is 1.79. The van der Waals surface area contributed by atoms with Gasteiger partial charge in [0.1, 0.15) is 5.82 Å². The van der Waals surface area contributed by atoms with Crippen molar-refractivity contribution >= 4 is 11.7 Å². The molecule has 1 aromatic heterocycles. The molecule has 2 aromatic rings. The van der Waals surface area contributed by atoms with Crippen LogP contribution in [-0.4, -0.2) is 15.7 Å². The van der Waals surface area contributed by atoms with E-state index in [1.54, 1.807) is 4.68 Å². The summed E-state index contributed by atoms with van der Waals surface area (Å²) in [5.74, 6) is 0.892. The number of nitrogens with one attached hydrogen (secondary N) is 1. The summed E-state index contributed by atoms with van der Waals surface area (Å²) >= 11 is 0. The highest BCUT2D eigenvalue weighted by Gasteiger charge is 2.21. The number of carbonyl (C=O) groups is 1. The Labute approximate surface area is 118 Å². The van der Waals surface area contributed by atoms with E-state index in [4.69, 9.17) is 0 Å². The van der Waals surface area contributed by atoms with Gasteiger partial charge in [-0.15, -0.1) is 0 Å². The first kappa shape index (κ1) is 12.9. The van der Waals surface area contributed by atoms with Crippen molar-refractivity contribution in [3.05, 3.63) is 46.6 Å². The van der Waals surface area contributed by atoms with Crippen molar-refractivity contribution in [1.82, 2.24) is 9.78 Å². The number of aromatic nitrogens is 2. The zero-order chi connectivity index (χ0) is 14.1. The first-order chi connectivity index (χ1) is 9.63. The van der Waals surface area contributed by atoms with Crippen molar-refractivity contribution in [3.63, 3.8) is 0 Å². The molecule has 1 aliphatic rings. The van der Waals surface area contributed by atoms with Crippen molar-refractivity contribution in [2.24, 2.45) is 7.05 Å². The van der Waals surface area contributed by atoms with E-state index in [2.05, 4.69) is 10.4 Å². The number of hydrogen-bond acceptors (Lipinski definition) is 2. The van der Waals surface area contributed by atoms with E-state index in [9.17, 15) is 4.79 Å². The third-order valence-electron chi connectivity index (χ3n) is 3.77. The summed E-state index contributed by atoms with van der Waals surface area (Å²) in [6, 6.07) is 8.06. The van der Waals surface area contributed by atoms with Crippen LogP contribution in [0.25, 0.3) is 0 Å².